The minimum atomic E-state index is -1.64. The third-order valence-electron chi connectivity index (χ3n) is 7.89. The largest absolute Gasteiger partial charge is 0.472 e. The minimum absolute atomic E-state index is 0.0403. The van der Waals surface area contributed by atoms with Crippen molar-refractivity contribution in [1.82, 2.24) is 0 Å². The fourth-order valence-corrected chi connectivity index (χ4v) is 5.89. The van der Waals surface area contributed by atoms with Crippen molar-refractivity contribution < 1.29 is 24.2 Å². The summed E-state index contributed by atoms with van der Waals surface area (Å²) in [6, 6.07) is 1.98. The van der Waals surface area contributed by atoms with Crippen LogP contribution in [-0.4, -0.2) is 35.0 Å². The van der Waals surface area contributed by atoms with Crippen LogP contribution >= 0.6 is 0 Å². The maximum absolute atomic E-state index is 12.5. The van der Waals surface area contributed by atoms with E-state index in [1.54, 1.807) is 12.5 Å². The molecule has 2 N–H and O–H groups in total. The monoisotopic (exact) mass is 364 g/mol. The molecule has 6 atom stereocenters. The average Bonchev–Trinajstić information content (AvgIpc) is 3.13. The number of aliphatic hydroxyl groups excluding tert-OH is 1. The molecule has 0 unspecified atom stereocenters. The molecule has 2 saturated carbocycles. The third-order valence-corrected chi connectivity index (χ3v) is 7.89. The number of hydrogen-bond acceptors (Lipinski definition) is 5. The molecule has 5 nitrogen and oxygen atoms in total. The second-order valence-electron chi connectivity index (χ2n) is 8.87. The standard InChI is InChI=1S/C21H32O5/c1-14-12-17(22)20(3)16(6-5-9-21(20,24)18(23)25-4)19(14,2)10-7-15-8-11-26-13-15/h8,11,13-14,16-17,22,24H,5-7,9-10,12H2,1-4H3/t14-,16+,17-,19-,20+,21-/m1/s1. The molecule has 1 aromatic rings. The van der Waals surface area contributed by atoms with Gasteiger partial charge in [0.1, 0.15) is 0 Å². The number of ether oxygens (including phenoxy) is 1. The van der Waals surface area contributed by atoms with Crippen LogP contribution in [0.4, 0.5) is 0 Å². The first kappa shape index (κ1) is 19.4. The normalized spacial score (nSPS) is 42.9. The lowest BCUT2D eigenvalue weighted by molar-refractivity contribution is -0.251. The Morgan fingerprint density at radius 3 is 2.77 bits per heavy atom. The van der Waals surface area contributed by atoms with Gasteiger partial charge in [0.15, 0.2) is 5.60 Å². The highest BCUT2D eigenvalue weighted by Crippen LogP contribution is 2.64. The highest BCUT2D eigenvalue weighted by atomic mass is 16.5. The lowest BCUT2D eigenvalue weighted by atomic mass is 9.42. The summed E-state index contributed by atoms with van der Waals surface area (Å²) in [5.41, 5.74) is -1.48. The molecule has 3 rings (SSSR count). The second kappa shape index (κ2) is 6.68. The van der Waals surface area contributed by atoms with Crippen LogP contribution in [-0.2, 0) is 16.0 Å². The zero-order valence-corrected chi connectivity index (χ0v) is 16.3. The summed E-state index contributed by atoms with van der Waals surface area (Å²) in [4.78, 5) is 12.5. The lowest BCUT2D eigenvalue weighted by Crippen LogP contribution is -2.69. The van der Waals surface area contributed by atoms with E-state index < -0.39 is 23.1 Å². The Morgan fingerprint density at radius 2 is 2.15 bits per heavy atom. The quantitative estimate of drug-likeness (QED) is 0.801. The van der Waals surface area contributed by atoms with Gasteiger partial charge in [0.25, 0.3) is 0 Å². The van der Waals surface area contributed by atoms with E-state index in [4.69, 9.17) is 9.15 Å². The number of rotatable bonds is 4. The van der Waals surface area contributed by atoms with Crippen molar-refractivity contribution in [3.05, 3.63) is 24.2 Å². The zero-order valence-electron chi connectivity index (χ0n) is 16.3. The molecule has 1 aromatic heterocycles. The number of fused-ring (bicyclic) bond motifs is 1. The number of methoxy groups -OCH3 is 1. The molecule has 5 heteroatoms. The van der Waals surface area contributed by atoms with E-state index in [-0.39, 0.29) is 11.3 Å². The van der Waals surface area contributed by atoms with E-state index in [0.29, 0.717) is 18.8 Å². The van der Waals surface area contributed by atoms with Gasteiger partial charge in [-0.25, -0.2) is 4.79 Å². The van der Waals surface area contributed by atoms with Gasteiger partial charge in [-0.15, -0.1) is 0 Å². The highest BCUT2D eigenvalue weighted by molar-refractivity contribution is 5.81. The molecule has 0 aliphatic heterocycles. The van der Waals surface area contributed by atoms with Crippen molar-refractivity contribution in [3.63, 3.8) is 0 Å². The van der Waals surface area contributed by atoms with Gasteiger partial charge in [-0.1, -0.05) is 20.8 Å². The fourth-order valence-electron chi connectivity index (χ4n) is 5.89. The molecule has 2 aliphatic rings. The van der Waals surface area contributed by atoms with Gasteiger partial charge in [-0.2, -0.15) is 0 Å². The Labute approximate surface area is 155 Å². The number of aryl methyl sites for hydroxylation is 1. The maximum Gasteiger partial charge on any atom is 0.338 e. The van der Waals surface area contributed by atoms with E-state index in [2.05, 4.69) is 13.8 Å². The Bertz CT molecular complexity index is 641. The van der Waals surface area contributed by atoms with E-state index in [1.807, 2.05) is 13.0 Å². The molecule has 1 heterocycles. The zero-order chi connectivity index (χ0) is 19.2. The van der Waals surface area contributed by atoms with Gasteiger partial charge < -0.3 is 19.4 Å². The van der Waals surface area contributed by atoms with Gasteiger partial charge in [0.05, 0.1) is 25.7 Å². The first-order valence-electron chi connectivity index (χ1n) is 9.70. The van der Waals surface area contributed by atoms with Crippen LogP contribution in [0.1, 0.15) is 58.4 Å². The molecule has 26 heavy (non-hydrogen) atoms. The predicted molar refractivity (Wildman–Crippen MR) is 97.3 cm³/mol. The average molecular weight is 364 g/mol. The first-order valence-corrected chi connectivity index (χ1v) is 9.70. The number of aliphatic hydroxyl groups is 2. The summed E-state index contributed by atoms with van der Waals surface area (Å²) in [7, 11) is 1.31. The molecule has 146 valence electrons. The van der Waals surface area contributed by atoms with Crippen molar-refractivity contribution in [2.45, 2.75) is 71.0 Å². The topological polar surface area (TPSA) is 79.9 Å². The second-order valence-corrected chi connectivity index (χ2v) is 8.87. The Morgan fingerprint density at radius 1 is 1.42 bits per heavy atom. The highest BCUT2D eigenvalue weighted by Gasteiger charge is 2.68. The van der Waals surface area contributed by atoms with Crippen molar-refractivity contribution in [1.29, 1.82) is 0 Å². The van der Waals surface area contributed by atoms with Crippen LogP contribution in [0, 0.1) is 22.7 Å². The number of carbonyl (C=O) groups is 1. The smallest absolute Gasteiger partial charge is 0.338 e. The van der Waals surface area contributed by atoms with Crippen LogP contribution in [0.3, 0.4) is 0 Å². The first-order chi connectivity index (χ1) is 12.2. The van der Waals surface area contributed by atoms with Crippen LogP contribution in [0.5, 0.6) is 0 Å². The van der Waals surface area contributed by atoms with E-state index in [0.717, 1.165) is 31.2 Å². The number of furan rings is 1. The molecular formula is C21H32O5. The summed E-state index contributed by atoms with van der Waals surface area (Å²) in [5.74, 6) is -0.281. The van der Waals surface area contributed by atoms with Gasteiger partial charge >= 0.3 is 5.97 Å². The third kappa shape index (κ3) is 2.63. The molecule has 2 fully saturated rings. The van der Waals surface area contributed by atoms with Gasteiger partial charge in [0.2, 0.25) is 0 Å². The number of carbonyl (C=O) groups excluding carboxylic acids is 1. The van der Waals surface area contributed by atoms with Gasteiger partial charge in [-0.3, -0.25) is 0 Å². The molecule has 0 aromatic carbocycles. The van der Waals surface area contributed by atoms with Crippen LogP contribution < -0.4 is 0 Å². The molecule has 0 radical (unpaired) electrons. The SMILES string of the molecule is COC(=O)[C@]1(O)CCC[C@H]2[C@](C)(CCc3ccoc3)[C@H](C)C[C@@H](O)[C@]21C. The van der Waals surface area contributed by atoms with Crippen LogP contribution in [0.2, 0.25) is 0 Å². The van der Waals surface area contributed by atoms with Crippen molar-refractivity contribution in [3.8, 4) is 0 Å². The van der Waals surface area contributed by atoms with E-state index in [1.165, 1.54) is 7.11 Å². The maximum atomic E-state index is 12.5. The van der Waals surface area contributed by atoms with Crippen molar-refractivity contribution in [2.24, 2.45) is 22.7 Å². The number of hydrogen-bond donors (Lipinski definition) is 2. The Hall–Kier alpha value is -1.33. The molecule has 0 bridgehead atoms. The minimum Gasteiger partial charge on any atom is -0.472 e. The molecule has 0 saturated heterocycles. The molecule has 0 spiro atoms. The summed E-state index contributed by atoms with van der Waals surface area (Å²) in [6.07, 6.45) is 7.13. The van der Waals surface area contributed by atoms with Crippen LogP contribution in [0.25, 0.3) is 0 Å². The number of esters is 1. The Balaban J connectivity index is 1.98. The lowest BCUT2D eigenvalue weighted by Gasteiger charge is -2.64. The molecule has 0 amide bonds. The van der Waals surface area contributed by atoms with Crippen molar-refractivity contribution >= 4 is 5.97 Å². The summed E-state index contributed by atoms with van der Waals surface area (Å²) < 4.78 is 10.2. The van der Waals surface area contributed by atoms with E-state index in [9.17, 15) is 15.0 Å². The molecule has 2 aliphatic carbocycles. The summed E-state index contributed by atoms with van der Waals surface area (Å²) in [5, 5.41) is 22.4. The molecular weight excluding hydrogens is 332 g/mol. The fraction of sp³-hybridized carbons (Fsp3) is 0.762. The predicted octanol–water partition coefficient (Wildman–Crippen LogP) is 3.33. The summed E-state index contributed by atoms with van der Waals surface area (Å²) in [6.45, 7) is 6.33. The van der Waals surface area contributed by atoms with Gasteiger partial charge in [-0.05, 0) is 67.4 Å². The van der Waals surface area contributed by atoms with E-state index >= 15 is 0 Å². The Kier molecular flexibility index (Phi) is 4.99. The van der Waals surface area contributed by atoms with Crippen molar-refractivity contribution in [2.75, 3.05) is 7.11 Å². The summed E-state index contributed by atoms with van der Waals surface area (Å²) >= 11 is 0. The van der Waals surface area contributed by atoms with Gasteiger partial charge in [0, 0.05) is 5.41 Å². The van der Waals surface area contributed by atoms with Crippen LogP contribution in [0.15, 0.2) is 23.0 Å².